The van der Waals surface area contributed by atoms with Crippen molar-refractivity contribution >= 4 is 25.0 Å². The van der Waals surface area contributed by atoms with E-state index in [0.717, 1.165) is 16.7 Å². The third-order valence-electron chi connectivity index (χ3n) is 4.38. The molecule has 0 fully saturated rings. The number of hydrogen-bond acceptors (Lipinski definition) is 4. The van der Waals surface area contributed by atoms with Crippen LogP contribution in [0.1, 0.15) is 11.1 Å². The molecule has 0 aliphatic carbocycles. The molecular formula is C22H22N5O2P. The maximum absolute atomic E-state index is 13.8. The Labute approximate surface area is 175 Å². The minimum atomic E-state index is -3.44. The van der Waals surface area contributed by atoms with Crippen molar-refractivity contribution in [1.82, 2.24) is 10.2 Å². The lowest BCUT2D eigenvalue weighted by molar-refractivity contribution is 0.573. The highest BCUT2D eigenvalue weighted by Crippen LogP contribution is 2.45. The SMILES string of the molecule is Cc1ccc(NP(=O)(Nc2ccc(C)cc2)Nc2nnc(-c3ccccc3)o2)cc1. The number of rotatable bonds is 7. The van der Waals surface area contributed by atoms with Crippen molar-refractivity contribution < 1.29 is 8.98 Å². The van der Waals surface area contributed by atoms with E-state index in [9.17, 15) is 4.57 Å². The topological polar surface area (TPSA) is 92.1 Å². The molecule has 4 rings (SSSR count). The van der Waals surface area contributed by atoms with Crippen LogP contribution < -0.4 is 15.3 Å². The number of nitrogens with zero attached hydrogens (tertiary/aromatic N) is 2. The molecule has 1 aromatic heterocycles. The monoisotopic (exact) mass is 419 g/mol. The number of aryl methyl sites for hydroxylation is 2. The highest BCUT2D eigenvalue weighted by molar-refractivity contribution is 7.68. The summed E-state index contributed by atoms with van der Waals surface area (Å²) in [5.74, 6) is 0.343. The first kappa shape index (κ1) is 19.7. The van der Waals surface area contributed by atoms with Crippen LogP contribution in [0.2, 0.25) is 0 Å². The molecule has 3 aromatic carbocycles. The van der Waals surface area contributed by atoms with E-state index in [1.807, 2.05) is 92.7 Å². The van der Waals surface area contributed by atoms with Crippen LogP contribution in [0.5, 0.6) is 0 Å². The molecule has 3 N–H and O–H groups in total. The van der Waals surface area contributed by atoms with Crippen LogP contribution in [-0.2, 0) is 4.57 Å². The number of benzene rings is 3. The summed E-state index contributed by atoms with van der Waals surface area (Å²) in [5, 5.41) is 17.0. The molecule has 4 aromatic rings. The zero-order valence-corrected chi connectivity index (χ0v) is 17.6. The van der Waals surface area contributed by atoms with Gasteiger partial charge in [0.25, 0.3) is 0 Å². The summed E-state index contributed by atoms with van der Waals surface area (Å²) in [7, 11) is -3.44. The molecule has 0 unspecified atom stereocenters. The fraction of sp³-hybridized carbons (Fsp3) is 0.0909. The quantitative estimate of drug-likeness (QED) is 0.312. The van der Waals surface area contributed by atoms with E-state index in [0.29, 0.717) is 17.3 Å². The van der Waals surface area contributed by atoms with Crippen molar-refractivity contribution in [2.24, 2.45) is 0 Å². The Morgan fingerprint density at radius 3 is 1.77 bits per heavy atom. The molecule has 0 atom stereocenters. The third-order valence-corrected chi connectivity index (χ3v) is 6.03. The molecule has 0 aliphatic heterocycles. The maximum atomic E-state index is 13.8. The van der Waals surface area contributed by atoms with Crippen LogP contribution in [0, 0.1) is 13.8 Å². The lowest BCUT2D eigenvalue weighted by Crippen LogP contribution is -2.14. The summed E-state index contributed by atoms with van der Waals surface area (Å²) in [6, 6.07) is 24.7. The minimum absolute atomic E-state index is 0.0522. The van der Waals surface area contributed by atoms with Crippen molar-refractivity contribution in [2.75, 3.05) is 15.3 Å². The molecule has 1 heterocycles. The summed E-state index contributed by atoms with van der Waals surface area (Å²) < 4.78 is 19.5. The Morgan fingerprint density at radius 1 is 0.700 bits per heavy atom. The van der Waals surface area contributed by atoms with Gasteiger partial charge < -0.3 is 14.6 Å². The molecule has 30 heavy (non-hydrogen) atoms. The Bertz CT molecular complexity index is 1110. The molecule has 152 valence electrons. The van der Waals surface area contributed by atoms with E-state index < -0.39 is 7.59 Å². The van der Waals surface area contributed by atoms with Gasteiger partial charge in [0, 0.05) is 16.9 Å². The van der Waals surface area contributed by atoms with Crippen molar-refractivity contribution in [3.05, 3.63) is 90.0 Å². The zero-order chi connectivity index (χ0) is 21.0. The van der Waals surface area contributed by atoms with Gasteiger partial charge in [0.15, 0.2) is 0 Å². The molecule has 0 saturated heterocycles. The predicted molar refractivity (Wildman–Crippen MR) is 121 cm³/mol. The van der Waals surface area contributed by atoms with Crippen LogP contribution in [0.25, 0.3) is 11.5 Å². The Morgan fingerprint density at radius 2 is 1.23 bits per heavy atom. The van der Waals surface area contributed by atoms with Gasteiger partial charge in [-0.2, -0.15) is 0 Å². The fourth-order valence-electron chi connectivity index (χ4n) is 2.80. The molecule has 0 spiro atoms. The second kappa shape index (κ2) is 8.43. The molecule has 8 heteroatoms. The van der Waals surface area contributed by atoms with Gasteiger partial charge in [-0.25, -0.2) is 0 Å². The smallest absolute Gasteiger partial charge is 0.356 e. The number of aromatic nitrogens is 2. The predicted octanol–water partition coefficient (Wildman–Crippen LogP) is 6.10. The Kier molecular flexibility index (Phi) is 5.55. The van der Waals surface area contributed by atoms with Crippen LogP contribution in [0.15, 0.2) is 83.3 Å². The van der Waals surface area contributed by atoms with Crippen molar-refractivity contribution in [1.29, 1.82) is 0 Å². The van der Waals surface area contributed by atoms with Crippen molar-refractivity contribution in [2.45, 2.75) is 13.8 Å². The number of nitrogens with one attached hydrogen (secondary N) is 3. The van der Waals surface area contributed by atoms with Gasteiger partial charge in [0.05, 0.1) is 0 Å². The van der Waals surface area contributed by atoms with Crippen molar-refractivity contribution in [3.63, 3.8) is 0 Å². The largest absolute Gasteiger partial charge is 0.403 e. The van der Waals surface area contributed by atoms with Crippen LogP contribution in [0.3, 0.4) is 0 Å². The van der Waals surface area contributed by atoms with Gasteiger partial charge in [-0.1, -0.05) is 58.7 Å². The van der Waals surface area contributed by atoms with E-state index in [-0.39, 0.29) is 6.01 Å². The van der Waals surface area contributed by atoms with E-state index in [1.54, 1.807) is 0 Å². The molecule has 0 amide bonds. The number of hydrogen-bond donors (Lipinski definition) is 3. The summed E-state index contributed by atoms with van der Waals surface area (Å²) >= 11 is 0. The molecule has 0 saturated carbocycles. The Balaban J connectivity index is 1.61. The normalized spacial score (nSPS) is 11.1. The van der Waals surface area contributed by atoms with Gasteiger partial charge in [0.2, 0.25) is 5.89 Å². The second-order valence-corrected chi connectivity index (χ2v) is 8.84. The highest BCUT2D eigenvalue weighted by Gasteiger charge is 2.25. The van der Waals surface area contributed by atoms with Crippen molar-refractivity contribution in [3.8, 4) is 11.5 Å². The number of anilines is 3. The maximum Gasteiger partial charge on any atom is 0.356 e. The molecule has 0 aliphatic rings. The van der Waals surface area contributed by atoms with E-state index in [1.165, 1.54) is 0 Å². The lowest BCUT2D eigenvalue weighted by Gasteiger charge is -2.22. The summed E-state index contributed by atoms with van der Waals surface area (Å²) in [6.45, 7) is 3.99. The molecule has 7 nitrogen and oxygen atoms in total. The first-order chi connectivity index (χ1) is 14.5. The second-order valence-electron chi connectivity index (χ2n) is 6.96. The average Bonchev–Trinajstić information content (AvgIpc) is 3.20. The molecule has 0 bridgehead atoms. The van der Waals surface area contributed by atoms with E-state index >= 15 is 0 Å². The van der Waals surface area contributed by atoms with Gasteiger partial charge in [-0.15, -0.1) is 5.10 Å². The minimum Gasteiger partial charge on any atom is -0.403 e. The molecular weight excluding hydrogens is 397 g/mol. The van der Waals surface area contributed by atoms with Gasteiger partial charge in [0.1, 0.15) is 0 Å². The van der Waals surface area contributed by atoms with Gasteiger partial charge >= 0.3 is 13.6 Å². The van der Waals surface area contributed by atoms with Crippen LogP contribution in [-0.4, -0.2) is 10.2 Å². The standard InChI is InChI=1S/C22H22N5O2P/c1-16-8-12-19(13-9-16)25-30(28,26-20-14-10-17(2)11-15-20)27-22-24-23-21(29-22)18-6-4-3-5-7-18/h3-15H,1-2H3,(H3,24,25,26,27,28). The highest BCUT2D eigenvalue weighted by atomic mass is 31.2. The van der Waals surface area contributed by atoms with Gasteiger partial charge in [-0.05, 0) is 50.2 Å². The third kappa shape index (κ3) is 4.88. The van der Waals surface area contributed by atoms with Crippen LogP contribution >= 0.6 is 7.59 Å². The van der Waals surface area contributed by atoms with Gasteiger partial charge in [-0.3, -0.25) is 9.65 Å². The Hall–Kier alpha value is -3.57. The first-order valence-corrected chi connectivity index (χ1v) is 11.2. The lowest BCUT2D eigenvalue weighted by atomic mass is 10.2. The fourth-order valence-corrected chi connectivity index (χ4v) is 4.36. The summed E-state index contributed by atoms with van der Waals surface area (Å²) in [6.07, 6.45) is 0. The van der Waals surface area contributed by atoms with Crippen LogP contribution in [0.4, 0.5) is 17.4 Å². The first-order valence-electron chi connectivity index (χ1n) is 9.46. The van der Waals surface area contributed by atoms with E-state index in [4.69, 9.17) is 4.42 Å². The zero-order valence-electron chi connectivity index (χ0n) is 16.7. The summed E-state index contributed by atoms with van der Waals surface area (Å²) in [5.41, 5.74) is 4.39. The average molecular weight is 419 g/mol. The molecule has 0 radical (unpaired) electrons. The van der Waals surface area contributed by atoms with E-state index in [2.05, 4.69) is 25.5 Å². The summed E-state index contributed by atoms with van der Waals surface area (Å²) in [4.78, 5) is 0.